The van der Waals surface area contributed by atoms with Gasteiger partial charge in [0.15, 0.2) is 12.2 Å². The molecule has 0 aromatic heterocycles. The van der Waals surface area contributed by atoms with Gasteiger partial charge in [0.2, 0.25) is 0 Å². The van der Waals surface area contributed by atoms with Crippen LogP contribution < -0.4 is 10.1 Å². The van der Waals surface area contributed by atoms with Crippen molar-refractivity contribution in [1.82, 2.24) is 10.2 Å². The molecule has 0 radical (unpaired) electrons. The number of rotatable bonds is 6. The van der Waals surface area contributed by atoms with Crippen molar-refractivity contribution in [3.8, 4) is 5.75 Å². The topological polar surface area (TPSA) is 124 Å². The second-order valence-electron chi connectivity index (χ2n) is 12.1. The van der Waals surface area contributed by atoms with Crippen molar-refractivity contribution in [2.24, 2.45) is 0 Å². The largest absolute Gasteiger partial charge is 0.481 e. The Labute approximate surface area is 228 Å². The van der Waals surface area contributed by atoms with Crippen LogP contribution in [0.5, 0.6) is 5.75 Å². The maximum Gasteiger partial charge on any atom is 0.407 e. The monoisotopic (exact) mass is 542 g/mol. The van der Waals surface area contributed by atoms with E-state index in [1.807, 2.05) is 20.0 Å². The van der Waals surface area contributed by atoms with E-state index in [0.717, 1.165) is 35.4 Å². The van der Waals surface area contributed by atoms with Crippen LogP contribution in [0, 0.1) is 6.92 Å². The lowest BCUT2D eigenvalue weighted by Gasteiger charge is -2.61. The second-order valence-corrected chi connectivity index (χ2v) is 12.1. The molecule has 39 heavy (non-hydrogen) atoms. The van der Waals surface area contributed by atoms with Crippen LogP contribution in [-0.4, -0.2) is 77.6 Å². The number of aryl methyl sites for hydroxylation is 1. The zero-order chi connectivity index (χ0) is 28.3. The average Bonchev–Trinajstić information content (AvgIpc) is 3.19. The maximum atomic E-state index is 13.0. The second kappa shape index (κ2) is 9.52. The summed E-state index contributed by atoms with van der Waals surface area (Å²) >= 11 is 0. The zero-order valence-electron chi connectivity index (χ0n) is 23.5. The number of nitrogens with zero attached hydrogens (tertiary/aromatic N) is 1. The van der Waals surface area contributed by atoms with E-state index >= 15 is 0 Å². The summed E-state index contributed by atoms with van der Waals surface area (Å²) in [6, 6.07) is 4.08. The summed E-state index contributed by atoms with van der Waals surface area (Å²) in [5.41, 5.74) is 0.739. The van der Waals surface area contributed by atoms with E-state index in [2.05, 4.69) is 16.3 Å². The molecule has 1 unspecified atom stereocenters. The fourth-order valence-corrected chi connectivity index (χ4v) is 6.67. The molecule has 2 bridgehead atoms. The Morgan fingerprint density at radius 1 is 1.28 bits per heavy atom. The van der Waals surface area contributed by atoms with E-state index in [1.54, 1.807) is 26.8 Å². The predicted octanol–water partition coefficient (Wildman–Crippen LogP) is 2.66. The van der Waals surface area contributed by atoms with E-state index in [-0.39, 0.29) is 19.0 Å². The Morgan fingerprint density at radius 2 is 2.03 bits per heavy atom. The molecule has 1 aromatic carbocycles. The van der Waals surface area contributed by atoms with Crippen LogP contribution in [0.25, 0.3) is 0 Å². The molecule has 1 amide bonds. The van der Waals surface area contributed by atoms with Gasteiger partial charge in [-0.25, -0.2) is 9.59 Å². The lowest BCUT2D eigenvalue weighted by Crippen LogP contribution is -2.74. The zero-order valence-corrected chi connectivity index (χ0v) is 23.5. The van der Waals surface area contributed by atoms with Gasteiger partial charge in [-0.05, 0) is 78.3 Å². The fraction of sp³-hybridized carbons (Fsp3) is 0.621. The summed E-state index contributed by atoms with van der Waals surface area (Å²) in [7, 11) is 2.04. The van der Waals surface area contributed by atoms with Crippen LogP contribution in [0.2, 0.25) is 0 Å². The number of hydrogen-bond donors (Lipinski definition) is 2. The predicted molar refractivity (Wildman–Crippen MR) is 140 cm³/mol. The molecular formula is C29H38N2O8. The van der Waals surface area contributed by atoms with Gasteiger partial charge in [0.05, 0.1) is 17.4 Å². The van der Waals surface area contributed by atoms with Crippen molar-refractivity contribution in [2.45, 2.75) is 95.2 Å². The Kier molecular flexibility index (Phi) is 6.70. The molecule has 0 saturated carbocycles. The number of amides is 1. The number of likely N-dealkylation sites (tertiary alicyclic amines) is 1. The minimum absolute atomic E-state index is 0.00718. The normalized spacial score (nSPS) is 29.4. The van der Waals surface area contributed by atoms with E-state index in [0.29, 0.717) is 18.6 Å². The summed E-state index contributed by atoms with van der Waals surface area (Å²) < 4.78 is 22.7. The molecule has 10 nitrogen and oxygen atoms in total. The van der Waals surface area contributed by atoms with Crippen LogP contribution in [0.1, 0.15) is 63.6 Å². The number of aliphatic hydroxyl groups is 1. The first kappa shape index (κ1) is 27.5. The smallest absolute Gasteiger partial charge is 0.407 e. The van der Waals surface area contributed by atoms with Crippen molar-refractivity contribution in [3.63, 3.8) is 0 Å². The number of hydrogen-bond acceptors (Lipinski definition) is 9. The minimum Gasteiger partial charge on any atom is -0.481 e. The highest BCUT2D eigenvalue weighted by Crippen LogP contribution is 2.64. The molecule has 2 N–H and O–H groups in total. The first-order chi connectivity index (χ1) is 18.3. The number of nitrogens with one attached hydrogen (secondary N) is 1. The molecule has 1 fully saturated rings. The third-order valence-electron chi connectivity index (χ3n) is 8.43. The first-order valence-electron chi connectivity index (χ1n) is 13.6. The number of likely N-dealkylation sites (N-methyl/N-ethyl adjacent to an activating group) is 1. The number of carbonyl (C=O) groups is 3. The number of piperidine rings is 1. The van der Waals surface area contributed by atoms with Gasteiger partial charge in [0.1, 0.15) is 17.1 Å². The van der Waals surface area contributed by atoms with Gasteiger partial charge in [0, 0.05) is 24.6 Å². The standard InChI is InChI=1S/C29H38N2O8/c1-16-7-8-18-15-20-29(35)11-9-19(24-28(29,12-14-31(20)6)22(18)23(16)38-24)37-25(33)17(2)36-21(32)10-13-30-26(34)39-27(3,4)5/h7-9,17,20,24,35H,10-15H2,1-6H3,(H,30,34)/t17?,20-,24+,28+,29-/m1/s1. The van der Waals surface area contributed by atoms with Crippen molar-refractivity contribution < 1.29 is 38.4 Å². The number of benzene rings is 1. The first-order valence-corrected chi connectivity index (χ1v) is 13.6. The van der Waals surface area contributed by atoms with Crippen LogP contribution in [-0.2, 0) is 35.6 Å². The molecule has 5 atom stereocenters. The third kappa shape index (κ3) is 4.47. The number of alkyl carbamates (subject to hydrolysis) is 1. The van der Waals surface area contributed by atoms with Crippen LogP contribution in [0.4, 0.5) is 4.79 Å². The van der Waals surface area contributed by atoms with Crippen molar-refractivity contribution in [3.05, 3.63) is 40.7 Å². The highest BCUT2D eigenvalue weighted by atomic mass is 16.6. The summed E-state index contributed by atoms with van der Waals surface area (Å²) in [6.07, 6.45) is 0.860. The number of ether oxygens (including phenoxy) is 4. The number of carbonyl (C=O) groups excluding carboxylic acids is 3. The SMILES string of the molecule is Cc1ccc2c3c1O[C@H]1C(OC(=O)C(C)OC(=O)CCNC(=O)OC(C)(C)C)=CC[C@@]4(O)[C@@H](C2)N(C)CC[C@]314. The van der Waals surface area contributed by atoms with Crippen LogP contribution in [0.3, 0.4) is 0 Å². The third-order valence-corrected chi connectivity index (χ3v) is 8.43. The fourth-order valence-electron chi connectivity index (χ4n) is 6.67. The summed E-state index contributed by atoms with van der Waals surface area (Å²) in [5, 5.41) is 14.7. The van der Waals surface area contributed by atoms with Crippen molar-refractivity contribution >= 4 is 18.0 Å². The van der Waals surface area contributed by atoms with Gasteiger partial charge in [-0.1, -0.05) is 12.1 Å². The van der Waals surface area contributed by atoms with Crippen molar-refractivity contribution in [1.29, 1.82) is 0 Å². The molecule has 1 saturated heterocycles. The lowest BCUT2D eigenvalue weighted by molar-refractivity contribution is -0.175. The number of esters is 2. The van der Waals surface area contributed by atoms with Gasteiger partial charge >= 0.3 is 18.0 Å². The Balaban J connectivity index is 1.27. The summed E-state index contributed by atoms with van der Waals surface area (Å²) in [5.74, 6) is -0.282. The molecule has 212 valence electrons. The van der Waals surface area contributed by atoms with Gasteiger partial charge in [-0.15, -0.1) is 0 Å². The van der Waals surface area contributed by atoms with E-state index in [1.165, 1.54) is 6.92 Å². The summed E-state index contributed by atoms with van der Waals surface area (Å²) in [4.78, 5) is 39.3. The van der Waals surface area contributed by atoms with Gasteiger partial charge in [-0.2, -0.15) is 0 Å². The van der Waals surface area contributed by atoms with Crippen LogP contribution >= 0.6 is 0 Å². The Morgan fingerprint density at radius 3 is 2.74 bits per heavy atom. The molecule has 5 rings (SSSR count). The van der Waals surface area contributed by atoms with Gasteiger partial charge in [0.25, 0.3) is 0 Å². The van der Waals surface area contributed by atoms with Crippen LogP contribution in [0.15, 0.2) is 24.0 Å². The molecule has 1 spiro atoms. The van der Waals surface area contributed by atoms with Gasteiger partial charge in [-0.3, -0.25) is 4.79 Å². The van der Waals surface area contributed by atoms with E-state index < -0.39 is 46.9 Å². The Hall–Kier alpha value is -3.11. The maximum absolute atomic E-state index is 13.0. The molecule has 2 aliphatic heterocycles. The molecule has 2 heterocycles. The van der Waals surface area contributed by atoms with Crippen molar-refractivity contribution in [2.75, 3.05) is 20.1 Å². The molecular weight excluding hydrogens is 504 g/mol. The molecule has 4 aliphatic rings. The van der Waals surface area contributed by atoms with E-state index in [4.69, 9.17) is 18.9 Å². The summed E-state index contributed by atoms with van der Waals surface area (Å²) in [6.45, 7) is 9.44. The molecule has 10 heteroatoms. The molecule has 1 aromatic rings. The average molecular weight is 543 g/mol. The minimum atomic E-state index is -1.17. The van der Waals surface area contributed by atoms with E-state index in [9.17, 15) is 19.5 Å². The molecule has 2 aliphatic carbocycles. The Bertz CT molecular complexity index is 1240. The highest BCUT2D eigenvalue weighted by molar-refractivity contribution is 5.80. The van der Waals surface area contributed by atoms with Gasteiger partial charge < -0.3 is 34.3 Å². The quantitative estimate of drug-likeness (QED) is 0.412. The lowest BCUT2D eigenvalue weighted by atomic mass is 9.50. The highest BCUT2D eigenvalue weighted by Gasteiger charge is 2.71.